The van der Waals surface area contributed by atoms with E-state index >= 15 is 0 Å². The Labute approximate surface area is 83.3 Å². The van der Waals surface area contributed by atoms with Crippen molar-refractivity contribution in [3.63, 3.8) is 0 Å². The Morgan fingerprint density at radius 1 is 1.50 bits per heavy atom. The molecule has 1 aromatic rings. The second-order valence-corrected chi connectivity index (χ2v) is 3.50. The largest absolute Gasteiger partial charge is 0.396 e. The van der Waals surface area contributed by atoms with Gasteiger partial charge in [0, 0.05) is 11.6 Å². The van der Waals surface area contributed by atoms with E-state index in [1.54, 1.807) is 0 Å². The van der Waals surface area contributed by atoms with Crippen molar-refractivity contribution >= 4 is 27.5 Å². The maximum absolute atomic E-state index is 12.9. The third kappa shape index (κ3) is 1.97. The second-order valence-electron chi connectivity index (χ2n) is 2.30. The monoisotopic (exact) mass is 252 g/mol. The molecule has 0 fully saturated rings. The molecule has 0 aliphatic heterocycles. The van der Waals surface area contributed by atoms with E-state index in [0.717, 1.165) is 0 Å². The molecule has 4 heteroatoms. The van der Waals surface area contributed by atoms with Gasteiger partial charge >= 0.3 is 0 Å². The fourth-order valence-corrected chi connectivity index (χ4v) is 1.82. The lowest BCUT2D eigenvalue weighted by Gasteiger charge is -2.05. The number of aliphatic hydroxyl groups is 1. The topological polar surface area (TPSA) is 20.2 Å². The number of hydrogen-bond donors (Lipinski definition) is 1. The van der Waals surface area contributed by atoms with Gasteiger partial charge in [-0.25, -0.2) is 4.39 Å². The van der Waals surface area contributed by atoms with E-state index in [0.29, 0.717) is 21.5 Å². The molecule has 1 aromatic carbocycles. The van der Waals surface area contributed by atoms with Crippen LogP contribution >= 0.6 is 27.5 Å². The summed E-state index contributed by atoms with van der Waals surface area (Å²) >= 11 is 8.83. The Hall–Kier alpha value is -0.120. The molecule has 0 radical (unpaired) electrons. The van der Waals surface area contributed by atoms with Crippen LogP contribution in [0.3, 0.4) is 0 Å². The Balaban J connectivity index is 3.14. The highest BCUT2D eigenvalue weighted by atomic mass is 79.9. The van der Waals surface area contributed by atoms with Crippen LogP contribution in [0.1, 0.15) is 5.56 Å². The normalized spacial score (nSPS) is 10.3. The first kappa shape index (κ1) is 9.96. The van der Waals surface area contributed by atoms with Crippen molar-refractivity contribution in [2.45, 2.75) is 6.42 Å². The predicted molar refractivity (Wildman–Crippen MR) is 49.9 cm³/mol. The molecule has 66 valence electrons. The minimum absolute atomic E-state index is 0.0399. The lowest BCUT2D eigenvalue weighted by Crippen LogP contribution is -1.95. The molecular formula is C8H7BrClFO. The van der Waals surface area contributed by atoms with Gasteiger partial charge in [-0.05, 0) is 40.0 Å². The van der Waals surface area contributed by atoms with Crippen LogP contribution in [0.5, 0.6) is 0 Å². The fraction of sp³-hybridized carbons (Fsp3) is 0.250. The molecule has 0 bridgehead atoms. The number of aliphatic hydroxyl groups excluding tert-OH is 1. The molecule has 0 aliphatic carbocycles. The summed E-state index contributed by atoms with van der Waals surface area (Å²) in [6, 6.07) is 2.76. The highest BCUT2D eigenvalue weighted by Gasteiger charge is 2.08. The van der Waals surface area contributed by atoms with E-state index in [4.69, 9.17) is 16.7 Å². The third-order valence-corrected chi connectivity index (χ3v) is 2.71. The van der Waals surface area contributed by atoms with Crippen LogP contribution in [-0.2, 0) is 6.42 Å². The number of benzene rings is 1. The molecular weight excluding hydrogens is 246 g/mol. The van der Waals surface area contributed by atoms with Gasteiger partial charge in [0.1, 0.15) is 5.82 Å². The zero-order valence-electron chi connectivity index (χ0n) is 6.15. The second kappa shape index (κ2) is 4.21. The van der Waals surface area contributed by atoms with Crippen LogP contribution in [0, 0.1) is 5.82 Å². The molecule has 0 aliphatic rings. The van der Waals surface area contributed by atoms with E-state index in [-0.39, 0.29) is 12.4 Å². The minimum atomic E-state index is -0.358. The van der Waals surface area contributed by atoms with Gasteiger partial charge in [-0.1, -0.05) is 11.6 Å². The molecule has 0 atom stereocenters. The summed E-state index contributed by atoms with van der Waals surface area (Å²) in [6.45, 7) is -0.0399. The summed E-state index contributed by atoms with van der Waals surface area (Å²) < 4.78 is 13.2. The van der Waals surface area contributed by atoms with E-state index in [2.05, 4.69) is 15.9 Å². The van der Waals surface area contributed by atoms with Crippen LogP contribution in [0.2, 0.25) is 5.02 Å². The first-order valence-electron chi connectivity index (χ1n) is 3.40. The Morgan fingerprint density at radius 2 is 2.17 bits per heavy atom. The average Bonchev–Trinajstić information content (AvgIpc) is 2.06. The van der Waals surface area contributed by atoms with Crippen molar-refractivity contribution in [1.29, 1.82) is 0 Å². The lowest BCUT2D eigenvalue weighted by atomic mass is 10.1. The number of rotatable bonds is 2. The van der Waals surface area contributed by atoms with Gasteiger partial charge < -0.3 is 5.11 Å². The van der Waals surface area contributed by atoms with Gasteiger partial charge in [-0.15, -0.1) is 0 Å². The zero-order chi connectivity index (χ0) is 9.14. The van der Waals surface area contributed by atoms with Crippen molar-refractivity contribution < 1.29 is 9.50 Å². The van der Waals surface area contributed by atoms with E-state index in [9.17, 15) is 4.39 Å². The fourth-order valence-electron chi connectivity index (χ4n) is 0.910. The van der Waals surface area contributed by atoms with Gasteiger partial charge in [-0.3, -0.25) is 0 Å². The van der Waals surface area contributed by atoms with Crippen molar-refractivity contribution in [1.82, 2.24) is 0 Å². The molecule has 1 nitrogen and oxygen atoms in total. The molecule has 12 heavy (non-hydrogen) atoms. The minimum Gasteiger partial charge on any atom is -0.396 e. The molecule has 0 spiro atoms. The third-order valence-electron chi connectivity index (χ3n) is 1.50. The maximum atomic E-state index is 12.9. The van der Waals surface area contributed by atoms with Crippen LogP contribution in [0.15, 0.2) is 16.6 Å². The highest BCUT2D eigenvalue weighted by Crippen LogP contribution is 2.27. The maximum Gasteiger partial charge on any atom is 0.137 e. The summed E-state index contributed by atoms with van der Waals surface area (Å²) in [5, 5.41) is 9.13. The highest BCUT2D eigenvalue weighted by molar-refractivity contribution is 9.10. The van der Waals surface area contributed by atoms with E-state index in [1.165, 1.54) is 12.1 Å². The van der Waals surface area contributed by atoms with Crippen LogP contribution < -0.4 is 0 Å². The van der Waals surface area contributed by atoms with E-state index < -0.39 is 0 Å². The van der Waals surface area contributed by atoms with Gasteiger partial charge in [0.25, 0.3) is 0 Å². The summed E-state index contributed by atoms with van der Waals surface area (Å²) in [6.07, 6.45) is 0.358. The van der Waals surface area contributed by atoms with Gasteiger partial charge in [0.15, 0.2) is 0 Å². The van der Waals surface area contributed by atoms with Crippen LogP contribution in [0.4, 0.5) is 4.39 Å². The number of halogens is 3. The number of hydrogen-bond acceptors (Lipinski definition) is 1. The molecule has 1 N–H and O–H groups in total. The lowest BCUT2D eigenvalue weighted by molar-refractivity contribution is 0.299. The van der Waals surface area contributed by atoms with Crippen molar-refractivity contribution in [3.8, 4) is 0 Å². The van der Waals surface area contributed by atoms with Crippen molar-refractivity contribution in [2.24, 2.45) is 0 Å². The Morgan fingerprint density at radius 3 is 2.75 bits per heavy atom. The molecule has 0 saturated carbocycles. The zero-order valence-corrected chi connectivity index (χ0v) is 8.49. The molecule has 0 heterocycles. The predicted octanol–water partition coefficient (Wildman–Crippen LogP) is 2.78. The van der Waals surface area contributed by atoms with E-state index in [1.807, 2.05) is 0 Å². The van der Waals surface area contributed by atoms with Crippen molar-refractivity contribution in [2.75, 3.05) is 6.61 Å². The molecule has 0 amide bonds. The SMILES string of the molecule is OCCc1c(Cl)ccc(F)c1Br. The summed E-state index contributed by atoms with van der Waals surface area (Å²) in [7, 11) is 0. The first-order valence-corrected chi connectivity index (χ1v) is 4.57. The molecule has 0 saturated heterocycles. The quantitative estimate of drug-likeness (QED) is 0.804. The van der Waals surface area contributed by atoms with Gasteiger partial charge in [0.2, 0.25) is 0 Å². The van der Waals surface area contributed by atoms with Crippen LogP contribution in [-0.4, -0.2) is 11.7 Å². The Bertz CT molecular complexity index is 291. The van der Waals surface area contributed by atoms with Crippen LogP contribution in [0.25, 0.3) is 0 Å². The Kier molecular flexibility index (Phi) is 3.50. The first-order chi connectivity index (χ1) is 5.66. The smallest absolute Gasteiger partial charge is 0.137 e. The van der Waals surface area contributed by atoms with Gasteiger partial charge in [0.05, 0.1) is 4.47 Å². The average molecular weight is 253 g/mol. The summed E-state index contributed by atoms with van der Waals surface area (Å²) in [4.78, 5) is 0. The van der Waals surface area contributed by atoms with Crippen molar-refractivity contribution in [3.05, 3.63) is 33.0 Å². The molecule has 0 unspecified atom stereocenters. The summed E-state index contributed by atoms with van der Waals surface area (Å²) in [5.74, 6) is -0.358. The summed E-state index contributed by atoms with van der Waals surface area (Å²) in [5.41, 5.74) is 0.610. The van der Waals surface area contributed by atoms with Gasteiger partial charge in [-0.2, -0.15) is 0 Å². The standard InChI is InChI=1S/C8H7BrClFO/c9-8-5(3-4-12)6(10)1-2-7(8)11/h1-2,12H,3-4H2. The molecule has 1 rings (SSSR count). The molecule has 0 aromatic heterocycles.